The molecule has 0 aromatic heterocycles. The number of nitrogens with one attached hydrogen (secondary N) is 1. The lowest BCUT2D eigenvalue weighted by atomic mass is 9.87. The van der Waals surface area contributed by atoms with Crippen molar-refractivity contribution in [1.29, 1.82) is 0 Å². The predicted octanol–water partition coefficient (Wildman–Crippen LogP) is 2.99. The molecule has 1 fully saturated rings. The predicted molar refractivity (Wildman–Crippen MR) is 71.7 cm³/mol. The topological polar surface area (TPSA) is 49.3 Å². The molecule has 0 spiro atoms. The lowest BCUT2D eigenvalue weighted by Crippen LogP contribution is -2.33. The van der Waals surface area contributed by atoms with Crippen LogP contribution in [0.1, 0.15) is 41.6 Å². The number of alkyl halides is 3. The molecule has 2 atom stereocenters. The van der Waals surface area contributed by atoms with E-state index in [1.165, 1.54) is 12.1 Å². The van der Waals surface area contributed by atoms with Crippen LogP contribution < -0.4 is 5.32 Å². The first-order valence-electron chi connectivity index (χ1n) is 7.00. The van der Waals surface area contributed by atoms with E-state index >= 15 is 0 Å². The highest BCUT2D eigenvalue weighted by Gasteiger charge is 2.31. The van der Waals surface area contributed by atoms with Crippen LogP contribution in [0.2, 0.25) is 0 Å². The monoisotopic (exact) mass is 301 g/mol. The zero-order valence-corrected chi connectivity index (χ0v) is 11.5. The summed E-state index contributed by atoms with van der Waals surface area (Å²) >= 11 is 0. The van der Waals surface area contributed by atoms with Crippen molar-refractivity contribution in [2.45, 2.75) is 38.0 Å². The molecule has 3 nitrogen and oxygen atoms in total. The molecule has 116 valence electrons. The van der Waals surface area contributed by atoms with Gasteiger partial charge in [-0.2, -0.15) is 13.2 Å². The van der Waals surface area contributed by atoms with Gasteiger partial charge in [0.25, 0.3) is 5.91 Å². The van der Waals surface area contributed by atoms with Crippen molar-refractivity contribution in [2.75, 3.05) is 6.54 Å². The van der Waals surface area contributed by atoms with E-state index in [9.17, 15) is 23.1 Å². The summed E-state index contributed by atoms with van der Waals surface area (Å²) in [6.45, 7) is 0.381. The molecule has 0 bridgehead atoms. The Kier molecular flexibility index (Phi) is 4.88. The highest BCUT2D eigenvalue weighted by Crippen LogP contribution is 2.29. The maximum Gasteiger partial charge on any atom is 0.416 e. The van der Waals surface area contributed by atoms with E-state index < -0.39 is 17.6 Å². The Morgan fingerprint density at radius 3 is 2.76 bits per heavy atom. The number of hydrogen-bond donors (Lipinski definition) is 2. The van der Waals surface area contributed by atoms with E-state index in [2.05, 4.69) is 5.32 Å². The van der Waals surface area contributed by atoms with Gasteiger partial charge in [-0.1, -0.05) is 12.5 Å². The average Bonchev–Trinajstić information content (AvgIpc) is 2.44. The zero-order valence-electron chi connectivity index (χ0n) is 11.5. The smallest absolute Gasteiger partial charge is 0.393 e. The first-order valence-corrected chi connectivity index (χ1v) is 7.00. The molecule has 2 N–H and O–H groups in total. The number of hydrogen-bond acceptors (Lipinski definition) is 2. The summed E-state index contributed by atoms with van der Waals surface area (Å²) in [5.74, 6) is -0.329. The van der Waals surface area contributed by atoms with E-state index in [4.69, 9.17) is 0 Å². The lowest BCUT2D eigenvalue weighted by molar-refractivity contribution is -0.137. The molecule has 1 aliphatic carbocycles. The highest BCUT2D eigenvalue weighted by atomic mass is 19.4. The van der Waals surface area contributed by atoms with Crippen molar-refractivity contribution in [3.05, 3.63) is 35.4 Å². The largest absolute Gasteiger partial charge is 0.416 e. The molecule has 2 unspecified atom stereocenters. The standard InChI is InChI=1S/C15H18F3NO2/c16-15(17,18)12-5-2-4-11(8-12)14(21)19-9-10-3-1-6-13(20)7-10/h2,4-5,8,10,13,20H,1,3,6-7,9H2,(H,19,21). The van der Waals surface area contributed by atoms with E-state index in [1.54, 1.807) is 0 Å². The molecular formula is C15H18F3NO2. The molecule has 6 heteroatoms. The van der Waals surface area contributed by atoms with Crippen LogP contribution in [0.4, 0.5) is 13.2 Å². The summed E-state index contributed by atoms with van der Waals surface area (Å²) in [6.07, 6.45) is -1.56. The lowest BCUT2D eigenvalue weighted by Gasteiger charge is -2.25. The molecule has 0 aliphatic heterocycles. The van der Waals surface area contributed by atoms with Crippen molar-refractivity contribution in [1.82, 2.24) is 5.32 Å². The molecule has 2 rings (SSSR count). The summed E-state index contributed by atoms with van der Waals surface area (Å²) in [5, 5.41) is 12.2. The number of benzene rings is 1. The molecule has 1 saturated carbocycles. The van der Waals surface area contributed by atoms with E-state index in [0.29, 0.717) is 13.0 Å². The van der Waals surface area contributed by atoms with Gasteiger partial charge in [0.2, 0.25) is 0 Å². The Hall–Kier alpha value is -1.56. The molecule has 1 aromatic carbocycles. The maximum atomic E-state index is 12.6. The number of carbonyl (C=O) groups is 1. The van der Waals surface area contributed by atoms with Crippen LogP contribution in [0.5, 0.6) is 0 Å². The molecule has 1 amide bonds. The summed E-state index contributed by atoms with van der Waals surface area (Å²) in [6, 6.07) is 4.38. The highest BCUT2D eigenvalue weighted by molar-refractivity contribution is 5.94. The van der Waals surface area contributed by atoms with Gasteiger partial charge in [0.05, 0.1) is 11.7 Å². The Bertz CT molecular complexity index is 502. The van der Waals surface area contributed by atoms with Crippen LogP contribution in [0, 0.1) is 5.92 Å². The minimum Gasteiger partial charge on any atom is -0.393 e. The number of halogens is 3. The third-order valence-corrected chi connectivity index (χ3v) is 3.76. The van der Waals surface area contributed by atoms with E-state index in [-0.39, 0.29) is 17.6 Å². The molecule has 21 heavy (non-hydrogen) atoms. The van der Waals surface area contributed by atoms with E-state index in [0.717, 1.165) is 31.4 Å². The molecule has 0 radical (unpaired) electrons. The Balaban J connectivity index is 1.94. The van der Waals surface area contributed by atoms with Gasteiger partial charge in [0, 0.05) is 12.1 Å². The minimum atomic E-state index is -4.45. The van der Waals surface area contributed by atoms with Crippen molar-refractivity contribution in [2.24, 2.45) is 5.92 Å². The van der Waals surface area contributed by atoms with E-state index in [1.807, 2.05) is 0 Å². The second-order valence-corrected chi connectivity index (χ2v) is 5.48. The summed E-state index contributed by atoms with van der Waals surface area (Å²) < 4.78 is 37.8. The van der Waals surface area contributed by atoms with Crippen molar-refractivity contribution >= 4 is 5.91 Å². The summed E-state index contributed by atoms with van der Waals surface area (Å²) in [5.41, 5.74) is -0.829. The van der Waals surface area contributed by atoms with Gasteiger partial charge in [-0.25, -0.2) is 0 Å². The van der Waals surface area contributed by atoms with Crippen LogP contribution in [-0.4, -0.2) is 23.7 Å². The normalized spacial score (nSPS) is 22.9. The van der Waals surface area contributed by atoms with Gasteiger partial charge in [-0.05, 0) is 43.4 Å². The SMILES string of the molecule is O=C(NCC1CCCC(O)C1)c1cccc(C(F)(F)F)c1. The molecule has 0 heterocycles. The van der Waals surface area contributed by atoms with Crippen molar-refractivity contribution in [3.63, 3.8) is 0 Å². The van der Waals surface area contributed by atoms with Crippen molar-refractivity contribution in [3.8, 4) is 0 Å². The van der Waals surface area contributed by atoms with Crippen LogP contribution >= 0.6 is 0 Å². The Morgan fingerprint density at radius 2 is 2.10 bits per heavy atom. The number of rotatable bonds is 3. The quantitative estimate of drug-likeness (QED) is 0.901. The molecule has 1 aliphatic rings. The van der Waals surface area contributed by atoms with Crippen LogP contribution in [0.3, 0.4) is 0 Å². The molecule has 1 aromatic rings. The third kappa shape index (κ3) is 4.46. The fraction of sp³-hybridized carbons (Fsp3) is 0.533. The number of amides is 1. The fourth-order valence-corrected chi connectivity index (χ4v) is 2.62. The van der Waals surface area contributed by atoms with Crippen molar-refractivity contribution < 1.29 is 23.1 Å². The Morgan fingerprint density at radius 1 is 1.33 bits per heavy atom. The van der Waals surface area contributed by atoms with Gasteiger partial charge in [0.15, 0.2) is 0 Å². The summed E-state index contributed by atoms with van der Waals surface area (Å²) in [7, 11) is 0. The van der Waals surface area contributed by atoms with Crippen LogP contribution in [0.25, 0.3) is 0 Å². The fourth-order valence-electron chi connectivity index (χ4n) is 2.62. The van der Waals surface area contributed by atoms with Gasteiger partial charge in [-0.3, -0.25) is 4.79 Å². The Labute approximate surface area is 121 Å². The first-order chi connectivity index (χ1) is 9.86. The van der Waals surface area contributed by atoms with Gasteiger partial charge < -0.3 is 10.4 Å². The number of aliphatic hydroxyl groups excluding tert-OH is 1. The summed E-state index contributed by atoms with van der Waals surface area (Å²) in [4.78, 5) is 11.9. The second-order valence-electron chi connectivity index (χ2n) is 5.48. The third-order valence-electron chi connectivity index (χ3n) is 3.76. The minimum absolute atomic E-state index is 0.00110. The maximum absolute atomic E-state index is 12.6. The number of aliphatic hydroxyl groups is 1. The van der Waals surface area contributed by atoms with Gasteiger partial charge in [0.1, 0.15) is 0 Å². The molecular weight excluding hydrogens is 283 g/mol. The molecule has 0 saturated heterocycles. The van der Waals surface area contributed by atoms with Gasteiger partial charge >= 0.3 is 6.18 Å². The van der Waals surface area contributed by atoms with Crippen LogP contribution in [-0.2, 0) is 6.18 Å². The number of carbonyl (C=O) groups excluding carboxylic acids is 1. The van der Waals surface area contributed by atoms with Crippen LogP contribution in [0.15, 0.2) is 24.3 Å². The average molecular weight is 301 g/mol. The zero-order chi connectivity index (χ0) is 15.5. The first kappa shape index (κ1) is 15.8. The van der Waals surface area contributed by atoms with Gasteiger partial charge in [-0.15, -0.1) is 0 Å². The second kappa shape index (κ2) is 6.47.